The number of fused-ring (bicyclic) bond motifs is 1. The van der Waals surface area contributed by atoms with Gasteiger partial charge in [-0.15, -0.1) is 0 Å². The number of benzene rings is 1. The molecule has 3 heterocycles. The van der Waals surface area contributed by atoms with E-state index in [2.05, 4.69) is 11.4 Å². The van der Waals surface area contributed by atoms with Gasteiger partial charge in [-0.1, -0.05) is 12.1 Å². The molecular weight excluding hydrogens is 422 g/mol. The van der Waals surface area contributed by atoms with Crippen LogP contribution in [0.1, 0.15) is 74.4 Å². The Kier molecular flexibility index (Phi) is 6.45. The maximum Gasteiger partial charge on any atom is 0.410 e. The minimum atomic E-state index is -0.582. The summed E-state index contributed by atoms with van der Waals surface area (Å²) < 4.78 is 5.47. The van der Waals surface area contributed by atoms with E-state index in [1.807, 2.05) is 32.9 Å². The van der Waals surface area contributed by atoms with E-state index in [0.29, 0.717) is 24.4 Å². The van der Waals surface area contributed by atoms with Gasteiger partial charge in [-0.2, -0.15) is 0 Å². The summed E-state index contributed by atoms with van der Waals surface area (Å²) >= 11 is 0. The molecule has 4 amide bonds. The summed E-state index contributed by atoms with van der Waals surface area (Å²) in [6, 6.07) is 5.36. The molecule has 4 rings (SSSR count). The molecule has 0 aromatic heterocycles. The predicted octanol–water partition coefficient (Wildman–Crippen LogP) is 3.03. The number of imide groups is 1. The summed E-state index contributed by atoms with van der Waals surface area (Å²) in [6.45, 7) is 7.49. The molecule has 8 nitrogen and oxygen atoms in total. The van der Waals surface area contributed by atoms with Gasteiger partial charge in [0.05, 0.1) is 0 Å². The van der Waals surface area contributed by atoms with Crippen LogP contribution in [0.25, 0.3) is 0 Å². The highest BCUT2D eigenvalue weighted by atomic mass is 16.6. The van der Waals surface area contributed by atoms with Gasteiger partial charge in [0, 0.05) is 31.6 Å². The molecule has 1 unspecified atom stereocenters. The Bertz CT molecular complexity index is 959. The summed E-state index contributed by atoms with van der Waals surface area (Å²) in [5, 5.41) is 2.34. The van der Waals surface area contributed by atoms with Gasteiger partial charge >= 0.3 is 6.09 Å². The number of likely N-dealkylation sites (tertiary alicyclic amines) is 1. The lowest BCUT2D eigenvalue weighted by Crippen LogP contribution is -2.52. The van der Waals surface area contributed by atoms with Gasteiger partial charge in [0.25, 0.3) is 5.91 Å². The van der Waals surface area contributed by atoms with Crippen LogP contribution < -0.4 is 5.32 Å². The number of carbonyl (C=O) groups is 4. The van der Waals surface area contributed by atoms with Crippen LogP contribution in [0.5, 0.6) is 0 Å². The predicted molar refractivity (Wildman–Crippen MR) is 121 cm³/mol. The van der Waals surface area contributed by atoms with E-state index in [4.69, 9.17) is 4.74 Å². The highest BCUT2D eigenvalue weighted by Crippen LogP contribution is 2.30. The van der Waals surface area contributed by atoms with Gasteiger partial charge in [0.1, 0.15) is 11.6 Å². The van der Waals surface area contributed by atoms with Crippen molar-refractivity contribution in [2.24, 2.45) is 5.92 Å². The van der Waals surface area contributed by atoms with Crippen LogP contribution in [0, 0.1) is 5.92 Å². The highest BCUT2D eigenvalue weighted by Gasteiger charge is 2.39. The van der Waals surface area contributed by atoms with E-state index < -0.39 is 11.6 Å². The van der Waals surface area contributed by atoms with Crippen molar-refractivity contribution in [1.82, 2.24) is 15.1 Å². The number of nitrogens with zero attached hydrogens (tertiary/aromatic N) is 2. The monoisotopic (exact) mass is 455 g/mol. The summed E-state index contributed by atoms with van der Waals surface area (Å²) in [5.41, 5.74) is 2.30. The molecule has 0 aliphatic carbocycles. The second-order valence-electron chi connectivity index (χ2n) is 10.3. The van der Waals surface area contributed by atoms with E-state index >= 15 is 0 Å². The van der Waals surface area contributed by atoms with Crippen molar-refractivity contribution in [3.05, 3.63) is 34.9 Å². The standard InChI is InChI=1S/C25H33N3O5/c1-25(2,3)33-24(32)27-12-10-16(11-13-27)4-5-17-6-7-19-18(14-17)15-28(23(19)31)20-8-9-21(29)26-22(20)30/h6-7,14,16,20H,4-5,8-13,15H2,1-3H3,(H,26,29,30). The van der Waals surface area contributed by atoms with Crippen molar-refractivity contribution in [3.63, 3.8) is 0 Å². The molecule has 0 bridgehead atoms. The molecule has 3 aliphatic rings. The van der Waals surface area contributed by atoms with Crippen molar-refractivity contribution in [2.75, 3.05) is 13.1 Å². The first-order valence-electron chi connectivity index (χ1n) is 11.8. The average Bonchev–Trinajstić information content (AvgIpc) is 3.07. The maximum atomic E-state index is 12.8. The van der Waals surface area contributed by atoms with Crippen LogP contribution in [-0.4, -0.2) is 58.3 Å². The number of hydrogen-bond donors (Lipinski definition) is 1. The first-order valence-corrected chi connectivity index (χ1v) is 11.8. The third-order valence-electron chi connectivity index (χ3n) is 6.70. The highest BCUT2D eigenvalue weighted by molar-refractivity contribution is 6.05. The first kappa shape index (κ1) is 23.3. The van der Waals surface area contributed by atoms with Crippen molar-refractivity contribution >= 4 is 23.8 Å². The molecular formula is C25H33N3O5. The molecule has 1 N–H and O–H groups in total. The molecule has 0 radical (unpaired) electrons. The Morgan fingerprint density at radius 2 is 1.85 bits per heavy atom. The molecule has 8 heteroatoms. The number of amides is 4. The Morgan fingerprint density at radius 1 is 1.12 bits per heavy atom. The molecule has 1 aromatic carbocycles. The molecule has 2 saturated heterocycles. The number of carbonyl (C=O) groups excluding carboxylic acids is 4. The van der Waals surface area contributed by atoms with E-state index in [9.17, 15) is 19.2 Å². The fourth-order valence-electron chi connectivity index (χ4n) is 4.88. The zero-order valence-corrected chi connectivity index (χ0v) is 19.7. The van der Waals surface area contributed by atoms with Gasteiger partial charge < -0.3 is 14.5 Å². The summed E-state index contributed by atoms with van der Waals surface area (Å²) in [7, 11) is 0. The van der Waals surface area contributed by atoms with Crippen molar-refractivity contribution in [1.29, 1.82) is 0 Å². The van der Waals surface area contributed by atoms with E-state index in [0.717, 1.165) is 44.3 Å². The Hall–Kier alpha value is -2.90. The van der Waals surface area contributed by atoms with Crippen LogP contribution in [0.2, 0.25) is 0 Å². The SMILES string of the molecule is CC(C)(C)OC(=O)N1CCC(CCc2ccc3c(c2)CN(C2CCC(=O)NC2=O)C3=O)CC1. The number of piperidine rings is 2. The summed E-state index contributed by atoms with van der Waals surface area (Å²) in [6.07, 6.45) is 4.28. The molecule has 2 fully saturated rings. The van der Waals surface area contributed by atoms with Gasteiger partial charge in [-0.25, -0.2) is 4.79 Å². The summed E-state index contributed by atoms with van der Waals surface area (Å²) in [5.74, 6) is -0.246. The summed E-state index contributed by atoms with van der Waals surface area (Å²) in [4.78, 5) is 52.1. The third-order valence-corrected chi connectivity index (χ3v) is 6.70. The van der Waals surface area contributed by atoms with Crippen LogP contribution in [0.3, 0.4) is 0 Å². The number of rotatable bonds is 4. The second-order valence-corrected chi connectivity index (χ2v) is 10.3. The van der Waals surface area contributed by atoms with Crippen molar-refractivity contribution < 1.29 is 23.9 Å². The smallest absolute Gasteiger partial charge is 0.410 e. The third kappa shape index (κ3) is 5.37. The second kappa shape index (κ2) is 9.15. The van der Waals surface area contributed by atoms with Crippen LogP contribution in [-0.2, 0) is 27.3 Å². The number of ether oxygens (including phenoxy) is 1. The molecule has 178 valence electrons. The molecule has 0 saturated carbocycles. The zero-order valence-electron chi connectivity index (χ0n) is 19.7. The van der Waals surface area contributed by atoms with Crippen LogP contribution in [0.4, 0.5) is 4.79 Å². The molecule has 3 aliphatic heterocycles. The van der Waals surface area contributed by atoms with Crippen LogP contribution >= 0.6 is 0 Å². The topological polar surface area (TPSA) is 96.0 Å². The van der Waals surface area contributed by atoms with Gasteiger partial charge in [-0.05, 0) is 76.0 Å². The van der Waals surface area contributed by atoms with E-state index in [-0.39, 0.29) is 30.2 Å². The Morgan fingerprint density at radius 3 is 2.52 bits per heavy atom. The minimum Gasteiger partial charge on any atom is -0.444 e. The van der Waals surface area contributed by atoms with Crippen LogP contribution in [0.15, 0.2) is 18.2 Å². The van der Waals surface area contributed by atoms with Gasteiger partial charge in [0.15, 0.2) is 0 Å². The zero-order chi connectivity index (χ0) is 23.8. The fraction of sp³-hybridized carbons (Fsp3) is 0.600. The normalized spacial score (nSPS) is 21.8. The lowest BCUT2D eigenvalue weighted by molar-refractivity contribution is -0.136. The number of aryl methyl sites for hydroxylation is 1. The quantitative estimate of drug-likeness (QED) is 0.704. The van der Waals surface area contributed by atoms with Gasteiger partial charge in [0.2, 0.25) is 11.8 Å². The van der Waals surface area contributed by atoms with E-state index in [1.165, 1.54) is 5.56 Å². The number of nitrogens with one attached hydrogen (secondary N) is 1. The number of hydrogen-bond acceptors (Lipinski definition) is 5. The fourth-order valence-corrected chi connectivity index (χ4v) is 4.88. The average molecular weight is 456 g/mol. The first-order chi connectivity index (χ1) is 15.6. The minimum absolute atomic E-state index is 0.138. The Balaban J connectivity index is 1.29. The largest absolute Gasteiger partial charge is 0.444 e. The molecule has 1 aromatic rings. The maximum absolute atomic E-state index is 12.8. The van der Waals surface area contributed by atoms with E-state index in [1.54, 1.807) is 9.80 Å². The van der Waals surface area contributed by atoms with Crippen molar-refractivity contribution in [2.45, 2.75) is 77.5 Å². The molecule has 1 atom stereocenters. The lowest BCUT2D eigenvalue weighted by atomic mass is 9.90. The molecule has 0 spiro atoms. The van der Waals surface area contributed by atoms with Crippen molar-refractivity contribution in [3.8, 4) is 0 Å². The Labute approximate surface area is 194 Å². The van der Waals surface area contributed by atoms with Gasteiger partial charge in [-0.3, -0.25) is 19.7 Å². The lowest BCUT2D eigenvalue weighted by Gasteiger charge is -2.33. The molecule has 33 heavy (non-hydrogen) atoms.